The Morgan fingerprint density at radius 3 is 2.79 bits per heavy atom. The molecule has 14 heavy (non-hydrogen) atoms. The van der Waals surface area contributed by atoms with Gasteiger partial charge in [-0.05, 0) is 28.1 Å². The summed E-state index contributed by atoms with van der Waals surface area (Å²) in [7, 11) is 1.58. The first-order valence-corrected chi connectivity index (χ1v) is 4.81. The highest BCUT2D eigenvalue weighted by Gasteiger charge is 2.08. The molecule has 0 radical (unpaired) electrons. The van der Waals surface area contributed by atoms with Gasteiger partial charge in [0.05, 0.1) is 16.8 Å². The molecular weight excluding hydrogens is 253 g/mol. The Hall–Kier alpha value is -0.810. The molecular formula is C9H11BrFNO2. The molecule has 5 heteroatoms. The fourth-order valence-corrected chi connectivity index (χ4v) is 1.24. The highest BCUT2D eigenvalue weighted by molar-refractivity contribution is 9.10. The Bertz CT molecular complexity index is 320. The van der Waals surface area contributed by atoms with Crippen molar-refractivity contribution >= 4 is 21.6 Å². The molecule has 0 heterocycles. The molecule has 0 saturated heterocycles. The first-order valence-electron chi connectivity index (χ1n) is 4.02. The summed E-state index contributed by atoms with van der Waals surface area (Å²) in [4.78, 5) is 0. The first-order chi connectivity index (χ1) is 6.66. The summed E-state index contributed by atoms with van der Waals surface area (Å²) < 4.78 is 23.2. The monoisotopic (exact) mass is 263 g/mol. The van der Waals surface area contributed by atoms with Crippen LogP contribution >= 0.6 is 15.9 Å². The van der Waals surface area contributed by atoms with E-state index in [1.54, 1.807) is 7.11 Å². The lowest BCUT2D eigenvalue weighted by Crippen LogP contribution is -2.06. The predicted octanol–water partition coefficient (Wildman–Crippen LogP) is 2.20. The van der Waals surface area contributed by atoms with Crippen LogP contribution in [0, 0.1) is 5.82 Å². The molecule has 1 rings (SSSR count). The number of halogens is 2. The molecule has 2 N–H and O–H groups in total. The second kappa shape index (κ2) is 5.17. The van der Waals surface area contributed by atoms with Gasteiger partial charge in [-0.25, -0.2) is 4.39 Å². The second-order valence-corrected chi connectivity index (χ2v) is 3.41. The maximum atomic E-state index is 12.9. The van der Waals surface area contributed by atoms with Gasteiger partial charge in [0.15, 0.2) is 0 Å². The fraction of sp³-hybridized carbons (Fsp3) is 0.333. The Morgan fingerprint density at radius 1 is 1.43 bits per heavy atom. The number of nitrogens with two attached hydrogens (primary N) is 1. The second-order valence-electron chi connectivity index (χ2n) is 2.61. The normalized spacial score (nSPS) is 10.2. The van der Waals surface area contributed by atoms with Crippen LogP contribution in [0.15, 0.2) is 16.6 Å². The Morgan fingerprint density at radius 2 is 2.14 bits per heavy atom. The van der Waals surface area contributed by atoms with Gasteiger partial charge in [-0.3, -0.25) is 0 Å². The van der Waals surface area contributed by atoms with Crippen molar-refractivity contribution in [3.05, 3.63) is 22.4 Å². The summed E-state index contributed by atoms with van der Waals surface area (Å²) >= 11 is 3.03. The van der Waals surface area contributed by atoms with Gasteiger partial charge < -0.3 is 15.2 Å². The molecule has 0 saturated carbocycles. The third kappa shape index (κ3) is 2.59. The van der Waals surface area contributed by atoms with Crippen molar-refractivity contribution in [1.29, 1.82) is 0 Å². The highest BCUT2D eigenvalue weighted by atomic mass is 79.9. The standard InChI is InChI=1S/C9H11BrFNO2/c1-13-4-5-14-7-3-2-6(11)8(10)9(7)12/h2-3H,4-5,12H2,1H3. The van der Waals surface area contributed by atoms with Crippen molar-refractivity contribution in [2.75, 3.05) is 26.1 Å². The molecule has 78 valence electrons. The third-order valence-electron chi connectivity index (χ3n) is 1.64. The van der Waals surface area contributed by atoms with E-state index in [0.717, 1.165) is 0 Å². The number of methoxy groups -OCH3 is 1. The number of hydrogen-bond donors (Lipinski definition) is 1. The van der Waals surface area contributed by atoms with E-state index < -0.39 is 5.82 Å². The minimum Gasteiger partial charge on any atom is -0.489 e. The van der Waals surface area contributed by atoms with Gasteiger partial charge in [-0.15, -0.1) is 0 Å². The minimum atomic E-state index is -0.401. The van der Waals surface area contributed by atoms with E-state index in [-0.39, 0.29) is 10.2 Å². The molecule has 0 aliphatic carbocycles. The SMILES string of the molecule is COCCOc1ccc(F)c(Br)c1N. The molecule has 0 aliphatic rings. The number of anilines is 1. The van der Waals surface area contributed by atoms with E-state index in [1.165, 1.54) is 12.1 Å². The zero-order chi connectivity index (χ0) is 10.6. The highest BCUT2D eigenvalue weighted by Crippen LogP contribution is 2.31. The van der Waals surface area contributed by atoms with Crippen molar-refractivity contribution in [2.45, 2.75) is 0 Å². The van der Waals surface area contributed by atoms with Crippen LogP contribution in [-0.2, 0) is 4.74 Å². The molecule has 1 aromatic rings. The van der Waals surface area contributed by atoms with E-state index in [2.05, 4.69) is 15.9 Å². The van der Waals surface area contributed by atoms with Crippen molar-refractivity contribution in [1.82, 2.24) is 0 Å². The Kier molecular flexibility index (Phi) is 4.16. The zero-order valence-corrected chi connectivity index (χ0v) is 9.30. The molecule has 0 fully saturated rings. The van der Waals surface area contributed by atoms with Crippen molar-refractivity contribution in [3.63, 3.8) is 0 Å². The molecule has 0 amide bonds. The smallest absolute Gasteiger partial charge is 0.143 e. The lowest BCUT2D eigenvalue weighted by Gasteiger charge is -2.09. The van der Waals surface area contributed by atoms with Gasteiger partial charge in [0.1, 0.15) is 18.2 Å². The minimum absolute atomic E-state index is 0.229. The average molecular weight is 264 g/mol. The summed E-state index contributed by atoms with van der Waals surface area (Å²) in [6.45, 7) is 0.854. The molecule has 0 bridgehead atoms. The Balaban J connectivity index is 2.73. The summed E-state index contributed by atoms with van der Waals surface area (Å²) in [5.41, 5.74) is 5.88. The van der Waals surface area contributed by atoms with E-state index >= 15 is 0 Å². The van der Waals surface area contributed by atoms with Gasteiger partial charge in [-0.2, -0.15) is 0 Å². The van der Waals surface area contributed by atoms with E-state index in [9.17, 15) is 4.39 Å². The topological polar surface area (TPSA) is 44.5 Å². The maximum Gasteiger partial charge on any atom is 0.143 e. The van der Waals surface area contributed by atoms with Gasteiger partial charge in [-0.1, -0.05) is 0 Å². The van der Waals surface area contributed by atoms with E-state index in [0.29, 0.717) is 19.0 Å². The molecule has 0 unspecified atom stereocenters. The molecule has 0 spiro atoms. The van der Waals surface area contributed by atoms with Gasteiger partial charge in [0.2, 0.25) is 0 Å². The molecule has 0 aliphatic heterocycles. The molecule has 1 aromatic carbocycles. The van der Waals surface area contributed by atoms with Crippen LogP contribution in [0.3, 0.4) is 0 Å². The first kappa shape index (κ1) is 11.3. The summed E-state index contributed by atoms with van der Waals surface area (Å²) in [6, 6.07) is 2.79. The number of ether oxygens (including phenoxy) is 2. The zero-order valence-electron chi connectivity index (χ0n) is 7.72. The third-order valence-corrected chi connectivity index (χ3v) is 2.44. The van der Waals surface area contributed by atoms with Crippen molar-refractivity contribution in [3.8, 4) is 5.75 Å². The largest absolute Gasteiger partial charge is 0.489 e. The van der Waals surface area contributed by atoms with E-state index in [4.69, 9.17) is 15.2 Å². The van der Waals surface area contributed by atoms with Crippen LogP contribution in [0.2, 0.25) is 0 Å². The van der Waals surface area contributed by atoms with Crippen LogP contribution in [0.4, 0.5) is 10.1 Å². The number of rotatable bonds is 4. The summed E-state index contributed by atoms with van der Waals surface area (Å²) in [5, 5.41) is 0. The maximum absolute atomic E-state index is 12.9. The number of hydrogen-bond acceptors (Lipinski definition) is 3. The Labute approximate surface area is 90.1 Å². The van der Waals surface area contributed by atoms with Crippen molar-refractivity contribution in [2.24, 2.45) is 0 Å². The molecule has 0 aromatic heterocycles. The van der Waals surface area contributed by atoms with Crippen LogP contribution in [0.5, 0.6) is 5.75 Å². The lowest BCUT2D eigenvalue weighted by atomic mass is 10.3. The van der Waals surface area contributed by atoms with Crippen molar-refractivity contribution < 1.29 is 13.9 Å². The van der Waals surface area contributed by atoms with Crippen LogP contribution in [0.1, 0.15) is 0 Å². The molecule has 0 atom stereocenters. The quantitative estimate of drug-likeness (QED) is 0.669. The molecule has 3 nitrogen and oxygen atoms in total. The average Bonchev–Trinajstić information content (AvgIpc) is 2.18. The van der Waals surface area contributed by atoms with Crippen LogP contribution in [-0.4, -0.2) is 20.3 Å². The number of nitrogen functional groups attached to an aromatic ring is 1. The summed E-state index contributed by atoms with van der Waals surface area (Å²) in [6.07, 6.45) is 0. The number of benzene rings is 1. The predicted molar refractivity (Wildman–Crippen MR) is 55.9 cm³/mol. The van der Waals surface area contributed by atoms with Gasteiger partial charge in [0, 0.05) is 7.11 Å². The van der Waals surface area contributed by atoms with Gasteiger partial charge >= 0.3 is 0 Å². The van der Waals surface area contributed by atoms with Crippen LogP contribution < -0.4 is 10.5 Å². The lowest BCUT2D eigenvalue weighted by molar-refractivity contribution is 0.146. The van der Waals surface area contributed by atoms with E-state index in [1.807, 2.05) is 0 Å². The fourth-order valence-electron chi connectivity index (χ4n) is 0.909. The van der Waals surface area contributed by atoms with Crippen LogP contribution in [0.25, 0.3) is 0 Å². The van der Waals surface area contributed by atoms with Gasteiger partial charge in [0.25, 0.3) is 0 Å². The summed E-state index contributed by atoms with van der Waals surface area (Å²) in [5.74, 6) is 0.0527.